The summed E-state index contributed by atoms with van der Waals surface area (Å²) in [6, 6.07) is 0. The molecule has 0 unspecified atom stereocenters. The number of hydrogen-bond acceptors (Lipinski definition) is 1. The maximum atomic E-state index is 2.63. The number of halogens is 1. The zero-order valence-corrected chi connectivity index (χ0v) is 10.9. The lowest BCUT2D eigenvalue weighted by Gasteiger charge is -2.53. The number of hydrogen-bond donors (Lipinski definition) is 0. The fourth-order valence-electron chi connectivity index (χ4n) is 2.69. The normalized spacial score (nSPS) is 33.7. The van der Waals surface area contributed by atoms with Gasteiger partial charge in [0.25, 0.3) is 0 Å². The van der Waals surface area contributed by atoms with Crippen LogP contribution in [0.25, 0.3) is 0 Å². The molecule has 1 nitrogen and oxygen atoms in total. The highest BCUT2D eigenvalue weighted by Crippen LogP contribution is 2.48. The molecule has 76 valence electrons. The summed E-state index contributed by atoms with van der Waals surface area (Å²) in [5.41, 5.74) is 0.645. The fraction of sp³-hybridized carbons (Fsp3) is 1.00. The first-order chi connectivity index (χ1) is 6.14. The van der Waals surface area contributed by atoms with E-state index in [1.54, 1.807) is 0 Å². The van der Waals surface area contributed by atoms with Gasteiger partial charge < -0.3 is 0 Å². The molecule has 13 heavy (non-hydrogen) atoms. The fourth-order valence-corrected chi connectivity index (χ4v) is 3.92. The molecule has 0 amide bonds. The van der Waals surface area contributed by atoms with Crippen LogP contribution in [0.15, 0.2) is 0 Å². The predicted octanol–water partition coefficient (Wildman–Crippen LogP) is 3.63. The second-order valence-electron chi connectivity index (χ2n) is 5.17. The molecular weight excluding hydrogens is 273 g/mol. The van der Waals surface area contributed by atoms with Crippen molar-refractivity contribution in [3.05, 3.63) is 0 Å². The van der Waals surface area contributed by atoms with Gasteiger partial charge in [-0.1, -0.05) is 13.8 Å². The van der Waals surface area contributed by atoms with E-state index in [0.717, 1.165) is 11.8 Å². The van der Waals surface area contributed by atoms with Gasteiger partial charge in [0.1, 0.15) is 0 Å². The van der Waals surface area contributed by atoms with Crippen LogP contribution in [-0.2, 0) is 0 Å². The summed E-state index contributed by atoms with van der Waals surface area (Å²) in [6.07, 6.45) is 7.31. The van der Waals surface area contributed by atoms with Crippen LogP contribution in [0.2, 0.25) is 0 Å². The van der Waals surface area contributed by atoms with Gasteiger partial charge in [-0.3, -0.25) is 0 Å². The van der Waals surface area contributed by atoms with Gasteiger partial charge >= 0.3 is 0 Å². The third-order valence-electron chi connectivity index (χ3n) is 4.12. The first kappa shape index (κ1) is 10.2. The third-order valence-corrected chi connectivity index (χ3v) is 5.53. The largest absolute Gasteiger partial charge is 0.241 e. The lowest BCUT2D eigenvalue weighted by molar-refractivity contribution is 0.0379. The number of nitrogens with zero attached hydrogens (tertiary/aromatic N) is 1. The molecule has 1 aliphatic heterocycles. The summed E-state index contributed by atoms with van der Waals surface area (Å²) in [5, 5.41) is 0. The molecule has 2 rings (SSSR count). The molecule has 0 bridgehead atoms. The first-order valence-electron chi connectivity index (χ1n) is 5.57. The molecule has 0 aromatic carbocycles. The van der Waals surface area contributed by atoms with Gasteiger partial charge in [0.2, 0.25) is 0 Å². The summed E-state index contributed by atoms with van der Waals surface area (Å²) in [5.74, 6) is 1.82. The summed E-state index contributed by atoms with van der Waals surface area (Å²) in [4.78, 5) is 0. The summed E-state index contributed by atoms with van der Waals surface area (Å²) in [7, 11) is 0. The van der Waals surface area contributed by atoms with Crippen LogP contribution in [-0.4, -0.2) is 15.2 Å². The van der Waals surface area contributed by atoms with Crippen LogP contribution in [0.3, 0.4) is 0 Å². The zero-order valence-electron chi connectivity index (χ0n) is 8.72. The topological polar surface area (TPSA) is 3.24 Å². The minimum absolute atomic E-state index is 0.645. The van der Waals surface area contributed by atoms with Crippen molar-refractivity contribution in [1.29, 1.82) is 0 Å². The maximum Gasteiger partial charge on any atom is 0.0305 e. The lowest BCUT2D eigenvalue weighted by atomic mass is 9.69. The lowest BCUT2D eigenvalue weighted by Crippen LogP contribution is -2.54. The van der Waals surface area contributed by atoms with Crippen LogP contribution in [0.5, 0.6) is 0 Å². The van der Waals surface area contributed by atoms with E-state index in [-0.39, 0.29) is 0 Å². The molecule has 0 aromatic heterocycles. The Balaban J connectivity index is 1.95. The highest BCUT2D eigenvalue weighted by molar-refractivity contribution is 14.1. The Hall–Kier alpha value is 0.690. The van der Waals surface area contributed by atoms with Crippen molar-refractivity contribution in [1.82, 2.24) is 3.11 Å². The number of piperidine rings is 1. The van der Waals surface area contributed by atoms with E-state index < -0.39 is 0 Å². The van der Waals surface area contributed by atoms with Crippen LogP contribution >= 0.6 is 22.9 Å². The molecule has 1 saturated heterocycles. The van der Waals surface area contributed by atoms with Crippen molar-refractivity contribution in [2.75, 3.05) is 6.54 Å². The molecule has 2 fully saturated rings. The molecule has 1 heterocycles. The molecule has 0 N–H and O–H groups in total. The van der Waals surface area contributed by atoms with Crippen molar-refractivity contribution in [2.24, 2.45) is 11.8 Å². The first-order valence-corrected chi connectivity index (χ1v) is 6.54. The van der Waals surface area contributed by atoms with E-state index in [1.165, 1.54) is 38.6 Å². The van der Waals surface area contributed by atoms with Crippen molar-refractivity contribution in [3.8, 4) is 0 Å². The molecule has 1 atom stereocenters. The molecule has 0 aromatic rings. The van der Waals surface area contributed by atoms with Gasteiger partial charge in [-0.15, -0.1) is 0 Å². The van der Waals surface area contributed by atoms with Crippen LogP contribution < -0.4 is 0 Å². The van der Waals surface area contributed by atoms with Gasteiger partial charge in [-0.2, -0.15) is 0 Å². The molecule has 2 aliphatic rings. The standard InChI is InChI=1S/C11H20IN/c1-9(2)10-4-7-11(5-3-6-11)13(12)8-10/h9-10H,3-8H2,1-2H3/t10-/m0/s1. The van der Waals surface area contributed by atoms with Crippen LogP contribution in [0, 0.1) is 11.8 Å². The molecule has 1 spiro atoms. The smallest absolute Gasteiger partial charge is 0.0305 e. The zero-order chi connectivity index (χ0) is 9.47. The van der Waals surface area contributed by atoms with E-state index in [1.807, 2.05) is 0 Å². The Morgan fingerprint density at radius 2 is 2.00 bits per heavy atom. The summed E-state index contributed by atoms with van der Waals surface area (Å²) in [6.45, 7) is 6.07. The SMILES string of the molecule is CC(C)[C@H]1CCC2(CCC2)N(I)C1. The van der Waals surface area contributed by atoms with E-state index >= 15 is 0 Å². The van der Waals surface area contributed by atoms with Gasteiger partial charge in [0.15, 0.2) is 0 Å². The Bertz CT molecular complexity index is 187. The van der Waals surface area contributed by atoms with Crippen molar-refractivity contribution in [2.45, 2.75) is 51.5 Å². The Morgan fingerprint density at radius 3 is 2.38 bits per heavy atom. The van der Waals surface area contributed by atoms with E-state index in [9.17, 15) is 0 Å². The predicted molar refractivity (Wildman–Crippen MR) is 64.9 cm³/mol. The van der Waals surface area contributed by atoms with Gasteiger partial charge in [-0.25, -0.2) is 3.11 Å². The van der Waals surface area contributed by atoms with E-state index in [4.69, 9.17) is 0 Å². The minimum atomic E-state index is 0.645. The maximum absolute atomic E-state index is 2.63. The van der Waals surface area contributed by atoms with Crippen molar-refractivity contribution >= 4 is 22.9 Å². The highest BCUT2D eigenvalue weighted by Gasteiger charge is 2.45. The van der Waals surface area contributed by atoms with Crippen LogP contribution in [0.4, 0.5) is 0 Å². The second-order valence-corrected chi connectivity index (χ2v) is 6.33. The summed E-state index contributed by atoms with van der Waals surface area (Å²) < 4.78 is 2.63. The van der Waals surface area contributed by atoms with Gasteiger partial charge in [-0.05, 0) is 43.9 Å². The molecule has 1 aliphatic carbocycles. The Morgan fingerprint density at radius 1 is 1.31 bits per heavy atom. The summed E-state index contributed by atoms with van der Waals surface area (Å²) >= 11 is 2.57. The third kappa shape index (κ3) is 1.76. The van der Waals surface area contributed by atoms with Gasteiger partial charge in [0, 0.05) is 34.9 Å². The van der Waals surface area contributed by atoms with E-state index in [2.05, 4.69) is 39.8 Å². The van der Waals surface area contributed by atoms with Gasteiger partial charge in [0.05, 0.1) is 0 Å². The second kappa shape index (κ2) is 3.69. The Labute approximate surface area is 95.8 Å². The quantitative estimate of drug-likeness (QED) is 0.527. The number of rotatable bonds is 1. The molecule has 1 saturated carbocycles. The van der Waals surface area contributed by atoms with E-state index in [0.29, 0.717) is 5.54 Å². The Kier molecular flexibility index (Phi) is 2.90. The monoisotopic (exact) mass is 293 g/mol. The molecule has 2 heteroatoms. The van der Waals surface area contributed by atoms with Crippen molar-refractivity contribution < 1.29 is 0 Å². The average molecular weight is 293 g/mol. The average Bonchev–Trinajstić information content (AvgIpc) is 2.01. The van der Waals surface area contributed by atoms with Crippen molar-refractivity contribution in [3.63, 3.8) is 0 Å². The molecular formula is C11H20IN. The highest BCUT2D eigenvalue weighted by atomic mass is 127. The molecule has 0 radical (unpaired) electrons. The van der Waals surface area contributed by atoms with Crippen LogP contribution in [0.1, 0.15) is 46.0 Å². The minimum Gasteiger partial charge on any atom is -0.241 e.